The van der Waals surface area contributed by atoms with Gasteiger partial charge in [0.25, 0.3) is 0 Å². The van der Waals surface area contributed by atoms with Gasteiger partial charge in [-0.25, -0.2) is 9.97 Å². The molecule has 2 aromatic rings. The zero-order valence-corrected chi connectivity index (χ0v) is 17.8. The third-order valence-electron chi connectivity index (χ3n) is 5.51. The summed E-state index contributed by atoms with van der Waals surface area (Å²) >= 11 is 0. The molecule has 1 fully saturated rings. The average molecular weight is 441 g/mol. The number of nitrogens with zero attached hydrogens (tertiary/aromatic N) is 4. The van der Waals surface area contributed by atoms with Crippen molar-refractivity contribution in [1.82, 2.24) is 14.9 Å². The van der Waals surface area contributed by atoms with Crippen molar-refractivity contribution in [3.63, 3.8) is 0 Å². The van der Waals surface area contributed by atoms with Gasteiger partial charge in [0.2, 0.25) is 11.9 Å². The standard InChI is InChI=1S/C22H27N5O5/c28-20(25-17-3-4-18-19(14-17)32-12-11-31-18)13-16(21(29)30)15-26-7-2-8-27(10-9-26)22-23-5-1-6-24-22/h1,3-6,14,16H,2,7-13,15H2,(H,25,28)(H,29,30)/t16-/m0/s1. The molecule has 2 aliphatic rings. The average Bonchev–Trinajstić information content (AvgIpc) is 3.05. The largest absolute Gasteiger partial charge is 0.486 e. The third-order valence-corrected chi connectivity index (χ3v) is 5.51. The normalized spacial score (nSPS) is 17.3. The van der Waals surface area contributed by atoms with Gasteiger partial charge < -0.3 is 29.7 Å². The van der Waals surface area contributed by atoms with Crippen LogP contribution in [0.1, 0.15) is 12.8 Å². The highest BCUT2D eigenvalue weighted by atomic mass is 16.6. The molecule has 0 radical (unpaired) electrons. The molecule has 2 N–H and O–H groups in total. The van der Waals surface area contributed by atoms with E-state index in [1.807, 2.05) is 0 Å². The number of carboxylic acid groups (broad SMARTS) is 1. The molecular weight excluding hydrogens is 414 g/mol. The number of ether oxygens (including phenoxy) is 2. The molecule has 1 aromatic carbocycles. The van der Waals surface area contributed by atoms with Crippen LogP contribution in [-0.2, 0) is 9.59 Å². The molecule has 0 bridgehead atoms. The maximum Gasteiger partial charge on any atom is 0.308 e. The first kappa shape index (κ1) is 21.8. The van der Waals surface area contributed by atoms with Crippen LogP contribution < -0.4 is 19.7 Å². The number of amides is 1. The Balaban J connectivity index is 1.31. The summed E-state index contributed by atoms with van der Waals surface area (Å²) in [5.74, 6) is -0.234. The monoisotopic (exact) mass is 441 g/mol. The molecule has 1 amide bonds. The van der Waals surface area contributed by atoms with E-state index in [4.69, 9.17) is 9.47 Å². The Morgan fingerprint density at radius 3 is 2.62 bits per heavy atom. The Morgan fingerprint density at radius 2 is 1.84 bits per heavy atom. The van der Waals surface area contributed by atoms with Crippen LogP contribution in [0.2, 0.25) is 0 Å². The predicted molar refractivity (Wildman–Crippen MR) is 117 cm³/mol. The molecule has 32 heavy (non-hydrogen) atoms. The van der Waals surface area contributed by atoms with Crippen LogP contribution >= 0.6 is 0 Å². The highest BCUT2D eigenvalue weighted by molar-refractivity contribution is 5.93. The first-order valence-corrected chi connectivity index (χ1v) is 10.7. The van der Waals surface area contributed by atoms with Crippen LogP contribution in [0.25, 0.3) is 0 Å². The van der Waals surface area contributed by atoms with Crippen LogP contribution in [-0.4, -0.2) is 77.8 Å². The Bertz CT molecular complexity index is 942. The van der Waals surface area contributed by atoms with Gasteiger partial charge in [0.15, 0.2) is 11.5 Å². The summed E-state index contributed by atoms with van der Waals surface area (Å²) in [4.78, 5) is 37.2. The molecule has 4 rings (SSSR count). The summed E-state index contributed by atoms with van der Waals surface area (Å²) in [6.45, 7) is 4.22. The van der Waals surface area contributed by atoms with E-state index in [1.54, 1.807) is 36.7 Å². The number of fused-ring (bicyclic) bond motifs is 1. The van der Waals surface area contributed by atoms with Crippen molar-refractivity contribution < 1.29 is 24.2 Å². The zero-order valence-electron chi connectivity index (χ0n) is 17.8. The van der Waals surface area contributed by atoms with Crippen molar-refractivity contribution >= 4 is 23.5 Å². The second kappa shape index (κ2) is 10.3. The SMILES string of the molecule is O=C(C[C@@H](CN1CCCN(c2ncccn2)CC1)C(=O)O)Nc1ccc2c(c1)OCCO2. The fourth-order valence-electron chi connectivity index (χ4n) is 3.91. The number of nitrogens with one attached hydrogen (secondary N) is 1. The van der Waals surface area contributed by atoms with E-state index in [2.05, 4.69) is 25.1 Å². The molecular formula is C22H27N5O5. The molecule has 0 unspecified atom stereocenters. The van der Waals surface area contributed by atoms with Crippen molar-refractivity contribution in [3.05, 3.63) is 36.7 Å². The van der Waals surface area contributed by atoms with Gasteiger partial charge in [0.05, 0.1) is 5.92 Å². The molecule has 3 heterocycles. The molecule has 0 aliphatic carbocycles. The van der Waals surface area contributed by atoms with Gasteiger partial charge in [0, 0.05) is 56.7 Å². The lowest BCUT2D eigenvalue weighted by Crippen LogP contribution is -2.38. The van der Waals surface area contributed by atoms with Crippen molar-refractivity contribution in [3.8, 4) is 11.5 Å². The Morgan fingerprint density at radius 1 is 1.06 bits per heavy atom. The van der Waals surface area contributed by atoms with Crippen LogP contribution in [0.4, 0.5) is 11.6 Å². The number of aliphatic carboxylic acids is 1. The van der Waals surface area contributed by atoms with E-state index in [0.29, 0.717) is 56.0 Å². The maximum atomic E-state index is 12.6. The lowest BCUT2D eigenvalue weighted by Gasteiger charge is -2.24. The first-order valence-electron chi connectivity index (χ1n) is 10.7. The van der Waals surface area contributed by atoms with Crippen LogP contribution in [0.15, 0.2) is 36.7 Å². The van der Waals surface area contributed by atoms with E-state index in [-0.39, 0.29) is 12.3 Å². The fraction of sp³-hybridized carbons (Fsp3) is 0.455. The maximum absolute atomic E-state index is 12.6. The van der Waals surface area contributed by atoms with Crippen LogP contribution in [0.3, 0.4) is 0 Å². The van der Waals surface area contributed by atoms with Crippen molar-refractivity contribution in [2.75, 3.05) is 56.2 Å². The van der Waals surface area contributed by atoms with Crippen LogP contribution in [0, 0.1) is 5.92 Å². The predicted octanol–water partition coefficient (Wildman–Crippen LogP) is 1.49. The van der Waals surface area contributed by atoms with Crippen molar-refractivity contribution in [1.29, 1.82) is 0 Å². The minimum atomic E-state index is -0.977. The summed E-state index contributed by atoms with van der Waals surface area (Å²) < 4.78 is 11.0. The molecule has 1 aromatic heterocycles. The summed E-state index contributed by atoms with van der Waals surface area (Å²) in [7, 11) is 0. The Kier molecular flexibility index (Phi) is 7.00. The summed E-state index contributed by atoms with van der Waals surface area (Å²) in [6, 6.07) is 6.92. The number of rotatable bonds is 7. The number of anilines is 2. The second-order valence-electron chi connectivity index (χ2n) is 7.84. The highest BCUT2D eigenvalue weighted by Gasteiger charge is 2.26. The van der Waals surface area contributed by atoms with Gasteiger partial charge in [-0.05, 0) is 31.2 Å². The Hall–Kier alpha value is -3.40. The lowest BCUT2D eigenvalue weighted by atomic mass is 10.0. The summed E-state index contributed by atoms with van der Waals surface area (Å²) in [5.41, 5.74) is 0.552. The second-order valence-corrected chi connectivity index (χ2v) is 7.84. The molecule has 10 nitrogen and oxygen atoms in total. The number of carbonyl (C=O) groups excluding carboxylic acids is 1. The van der Waals surface area contributed by atoms with Gasteiger partial charge in [-0.3, -0.25) is 9.59 Å². The minimum Gasteiger partial charge on any atom is -0.486 e. The zero-order chi connectivity index (χ0) is 22.3. The topological polar surface area (TPSA) is 117 Å². The smallest absolute Gasteiger partial charge is 0.308 e. The number of aromatic nitrogens is 2. The van der Waals surface area contributed by atoms with E-state index < -0.39 is 11.9 Å². The number of carboxylic acids is 1. The molecule has 170 valence electrons. The van der Waals surface area contributed by atoms with E-state index in [1.165, 1.54) is 0 Å². The van der Waals surface area contributed by atoms with Crippen LogP contribution in [0.5, 0.6) is 11.5 Å². The molecule has 2 aliphatic heterocycles. The van der Waals surface area contributed by atoms with E-state index in [0.717, 1.165) is 19.5 Å². The quantitative estimate of drug-likeness (QED) is 0.659. The number of carbonyl (C=O) groups is 2. The van der Waals surface area contributed by atoms with Gasteiger partial charge >= 0.3 is 5.97 Å². The Labute approximate surface area is 186 Å². The molecule has 0 saturated carbocycles. The van der Waals surface area contributed by atoms with Crippen molar-refractivity contribution in [2.45, 2.75) is 12.8 Å². The first-order chi connectivity index (χ1) is 15.6. The van der Waals surface area contributed by atoms with Crippen molar-refractivity contribution in [2.24, 2.45) is 5.92 Å². The number of hydrogen-bond acceptors (Lipinski definition) is 8. The lowest BCUT2D eigenvalue weighted by molar-refractivity contribution is -0.144. The fourth-order valence-corrected chi connectivity index (χ4v) is 3.91. The van der Waals surface area contributed by atoms with E-state index in [9.17, 15) is 14.7 Å². The number of benzene rings is 1. The van der Waals surface area contributed by atoms with Gasteiger partial charge in [-0.1, -0.05) is 0 Å². The summed E-state index contributed by atoms with van der Waals surface area (Å²) in [6.07, 6.45) is 4.19. The molecule has 10 heteroatoms. The van der Waals surface area contributed by atoms with Gasteiger partial charge in [0.1, 0.15) is 13.2 Å². The van der Waals surface area contributed by atoms with Gasteiger partial charge in [-0.15, -0.1) is 0 Å². The highest BCUT2D eigenvalue weighted by Crippen LogP contribution is 2.32. The third kappa shape index (κ3) is 5.64. The van der Waals surface area contributed by atoms with Gasteiger partial charge in [-0.2, -0.15) is 0 Å². The number of hydrogen-bond donors (Lipinski definition) is 2. The molecule has 1 atom stereocenters. The molecule has 1 saturated heterocycles. The van der Waals surface area contributed by atoms with E-state index >= 15 is 0 Å². The summed E-state index contributed by atoms with van der Waals surface area (Å²) in [5, 5.41) is 12.5. The minimum absolute atomic E-state index is 0.105. The molecule has 0 spiro atoms.